The van der Waals surface area contributed by atoms with E-state index in [0.29, 0.717) is 31.4 Å². The van der Waals surface area contributed by atoms with Crippen LogP contribution < -0.4 is 20.1 Å². The van der Waals surface area contributed by atoms with Crippen molar-refractivity contribution < 1.29 is 9.47 Å². The van der Waals surface area contributed by atoms with Gasteiger partial charge in [-0.15, -0.1) is 34.2 Å². The molecule has 0 amide bonds. The van der Waals surface area contributed by atoms with Gasteiger partial charge in [0.1, 0.15) is 0 Å². The summed E-state index contributed by atoms with van der Waals surface area (Å²) < 4.78 is 12.9. The maximum Gasteiger partial charge on any atom is 0.191 e. The smallest absolute Gasteiger partial charge is 0.191 e. The number of ether oxygens (including phenoxy) is 2. The number of pyridine rings is 1. The Balaban J connectivity index is 0.00000280. The molecular weight excluding hydrogens is 471 g/mol. The molecule has 3 rings (SSSR count). The number of hydrogen-bond donors (Lipinski definition) is 2. The molecule has 0 aliphatic rings. The minimum Gasteiger partial charge on any atom is -0.493 e. The number of methoxy groups -OCH3 is 1. The van der Waals surface area contributed by atoms with Gasteiger partial charge >= 0.3 is 0 Å². The Bertz CT molecular complexity index is 928. The molecule has 0 fully saturated rings. The van der Waals surface area contributed by atoms with Crippen LogP contribution >= 0.6 is 24.0 Å². The molecule has 0 unspecified atom stereocenters. The number of hydrogen-bond acceptors (Lipinski definition) is 5. The first-order valence-electron chi connectivity index (χ1n) is 8.78. The van der Waals surface area contributed by atoms with Crippen molar-refractivity contribution in [1.82, 2.24) is 25.2 Å². The monoisotopic (exact) mass is 496 g/mol. The SMILES string of the molecule is CCOc1ccc(CNC(=NC)NCc2nnc3ccccn23)cc1OC.I. The van der Waals surface area contributed by atoms with E-state index in [1.54, 1.807) is 14.2 Å². The van der Waals surface area contributed by atoms with Crippen LogP contribution in [-0.2, 0) is 13.1 Å². The zero-order valence-corrected chi connectivity index (χ0v) is 18.5. The largest absolute Gasteiger partial charge is 0.493 e. The van der Waals surface area contributed by atoms with Gasteiger partial charge in [0.15, 0.2) is 28.9 Å². The summed E-state index contributed by atoms with van der Waals surface area (Å²) in [6.07, 6.45) is 1.94. The molecule has 0 spiro atoms. The molecule has 0 atom stereocenters. The van der Waals surface area contributed by atoms with E-state index < -0.39 is 0 Å². The van der Waals surface area contributed by atoms with E-state index in [0.717, 1.165) is 22.8 Å². The molecule has 2 heterocycles. The van der Waals surface area contributed by atoms with Crippen LogP contribution in [0.5, 0.6) is 11.5 Å². The molecule has 0 saturated carbocycles. The van der Waals surface area contributed by atoms with Gasteiger partial charge in [-0.3, -0.25) is 9.39 Å². The van der Waals surface area contributed by atoms with Crippen LogP contribution in [0.1, 0.15) is 18.3 Å². The summed E-state index contributed by atoms with van der Waals surface area (Å²) in [5.74, 6) is 2.95. The highest BCUT2D eigenvalue weighted by molar-refractivity contribution is 14.0. The molecule has 0 saturated heterocycles. The summed E-state index contributed by atoms with van der Waals surface area (Å²) in [7, 11) is 3.37. The van der Waals surface area contributed by atoms with Gasteiger partial charge in [-0.05, 0) is 36.8 Å². The van der Waals surface area contributed by atoms with Crippen molar-refractivity contribution >= 4 is 35.6 Å². The molecule has 3 aromatic rings. The Morgan fingerprint density at radius 1 is 1.11 bits per heavy atom. The number of nitrogens with zero attached hydrogens (tertiary/aromatic N) is 4. The number of guanidine groups is 1. The number of rotatable bonds is 7. The van der Waals surface area contributed by atoms with Crippen molar-refractivity contribution in [2.75, 3.05) is 20.8 Å². The quantitative estimate of drug-likeness (QED) is 0.297. The Kier molecular flexibility index (Phi) is 8.30. The molecule has 0 radical (unpaired) electrons. The van der Waals surface area contributed by atoms with E-state index in [2.05, 4.69) is 25.8 Å². The van der Waals surface area contributed by atoms with E-state index >= 15 is 0 Å². The van der Waals surface area contributed by atoms with Gasteiger partial charge in [0.2, 0.25) is 0 Å². The van der Waals surface area contributed by atoms with Crippen LogP contribution in [0.3, 0.4) is 0 Å². The molecule has 0 aliphatic carbocycles. The molecule has 2 N–H and O–H groups in total. The Labute approximate surface area is 181 Å². The van der Waals surface area contributed by atoms with Gasteiger partial charge in [0, 0.05) is 19.8 Å². The molecule has 28 heavy (non-hydrogen) atoms. The summed E-state index contributed by atoms with van der Waals surface area (Å²) in [5.41, 5.74) is 1.88. The van der Waals surface area contributed by atoms with Gasteiger partial charge in [-0.2, -0.15) is 0 Å². The van der Waals surface area contributed by atoms with Crippen molar-refractivity contribution in [2.45, 2.75) is 20.0 Å². The van der Waals surface area contributed by atoms with Gasteiger partial charge < -0.3 is 20.1 Å². The van der Waals surface area contributed by atoms with Crippen LogP contribution in [0.2, 0.25) is 0 Å². The summed E-state index contributed by atoms with van der Waals surface area (Å²) in [6, 6.07) is 11.7. The first-order chi connectivity index (χ1) is 13.2. The van der Waals surface area contributed by atoms with E-state index in [4.69, 9.17) is 9.47 Å². The number of halogens is 1. The molecule has 0 aliphatic heterocycles. The zero-order valence-electron chi connectivity index (χ0n) is 16.2. The lowest BCUT2D eigenvalue weighted by Gasteiger charge is -2.13. The maximum absolute atomic E-state index is 5.55. The lowest BCUT2D eigenvalue weighted by Crippen LogP contribution is -2.36. The number of nitrogens with one attached hydrogen (secondary N) is 2. The maximum atomic E-state index is 5.55. The third-order valence-corrected chi connectivity index (χ3v) is 4.01. The number of fused-ring (bicyclic) bond motifs is 1. The number of aromatic nitrogens is 3. The van der Waals surface area contributed by atoms with Gasteiger partial charge in [0.05, 0.1) is 20.3 Å². The van der Waals surface area contributed by atoms with E-state index in [1.807, 2.05) is 53.9 Å². The lowest BCUT2D eigenvalue weighted by molar-refractivity contribution is 0.310. The molecule has 8 nitrogen and oxygen atoms in total. The second-order valence-electron chi connectivity index (χ2n) is 5.74. The highest BCUT2D eigenvalue weighted by Crippen LogP contribution is 2.27. The number of benzene rings is 1. The predicted octanol–water partition coefficient (Wildman–Crippen LogP) is 2.62. The highest BCUT2D eigenvalue weighted by Gasteiger charge is 2.08. The van der Waals surface area contributed by atoms with Crippen molar-refractivity contribution in [3.63, 3.8) is 0 Å². The summed E-state index contributed by atoms with van der Waals surface area (Å²) in [5, 5.41) is 14.9. The van der Waals surface area contributed by atoms with E-state index in [1.165, 1.54) is 0 Å². The van der Waals surface area contributed by atoms with E-state index in [-0.39, 0.29) is 24.0 Å². The lowest BCUT2D eigenvalue weighted by atomic mass is 10.2. The Hall–Kier alpha value is -2.56. The van der Waals surface area contributed by atoms with Crippen LogP contribution in [-0.4, -0.2) is 41.3 Å². The van der Waals surface area contributed by atoms with Gasteiger partial charge in [0.25, 0.3) is 0 Å². The minimum atomic E-state index is 0. The molecule has 1 aromatic carbocycles. The zero-order chi connectivity index (χ0) is 19.1. The fraction of sp³-hybridized carbons (Fsp3) is 0.316. The van der Waals surface area contributed by atoms with Gasteiger partial charge in [-0.25, -0.2) is 0 Å². The van der Waals surface area contributed by atoms with Gasteiger partial charge in [-0.1, -0.05) is 12.1 Å². The minimum absolute atomic E-state index is 0. The Morgan fingerprint density at radius 2 is 1.93 bits per heavy atom. The van der Waals surface area contributed by atoms with E-state index in [9.17, 15) is 0 Å². The molecule has 9 heteroatoms. The second-order valence-corrected chi connectivity index (χ2v) is 5.74. The second kappa shape index (κ2) is 10.7. The third-order valence-electron chi connectivity index (χ3n) is 4.01. The first kappa shape index (κ1) is 21.7. The van der Waals surface area contributed by atoms with Crippen LogP contribution in [0, 0.1) is 0 Å². The summed E-state index contributed by atoms with van der Waals surface area (Å²) in [6.45, 7) is 3.66. The Morgan fingerprint density at radius 3 is 2.68 bits per heavy atom. The molecular formula is C19H25IN6O2. The molecule has 2 aromatic heterocycles. The normalized spacial score (nSPS) is 11.0. The van der Waals surface area contributed by atoms with Crippen molar-refractivity contribution in [2.24, 2.45) is 4.99 Å². The van der Waals surface area contributed by atoms with Crippen molar-refractivity contribution in [1.29, 1.82) is 0 Å². The summed E-state index contributed by atoms with van der Waals surface area (Å²) in [4.78, 5) is 4.25. The van der Waals surface area contributed by atoms with Crippen molar-refractivity contribution in [3.05, 3.63) is 54.0 Å². The average Bonchev–Trinajstić information content (AvgIpc) is 3.12. The third kappa shape index (κ3) is 5.24. The highest BCUT2D eigenvalue weighted by atomic mass is 127. The molecule has 0 bridgehead atoms. The van der Waals surface area contributed by atoms with Crippen molar-refractivity contribution in [3.8, 4) is 11.5 Å². The van der Waals surface area contributed by atoms with Crippen LogP contribution in [0.25, 0.3) is 5.65 Å². The average molecular weight is 496 g/mol. The predicted molar refractivity (Wildman–Crippen MR) is 120 cm³/mol. The molecule has 150 valence electrons. The summed E-state index contributed by atoms with van der Waals surface area (Å²) >= 11 is 0. The standard InChI is InChI=1S/C19H24N6O2.HI/c1-4-27-15-9-8-14(11-16(15)26-3)12-21-19(20-2)22-13-18-24-23-17-7-5-6-10-25(17)18;/h5-11H,4,12-13H2,1-3H3,(H2,20,21,22);1H. The fourth-order valence-electron chi connectivity index (χ4n) is 2.68. The number of aliphatic imine (C=N–C) groups is 1. The van der Waals surface area contributed by atoms with Crippen LogP contribution in [0.4, 0.5) is 0 Å². The fourth-order valence-corrected chi connectivity index (χ4v) is 2.68. The topological polar surface area (TPSA) is 85.1 Å². The first-order valence-corrected chi connectivity index (χ1v) is 8.78. The van der Waals surface area contributed by atoms with Crippen LogP contribution in [0.15, 0.2) is 47.6 Å².